The Hall–Kier alpha value is -2.63. The Morgan fingerprint density at radius 2 is 1.45 bits per heavy atom. The van der Waals surface area contributed by atoms with Crippen molar-refractivity contribution in [3.63, 3.8) is 0 Å². The largest absolute Gasteiger partial charge is 0.333 e. The van der Waals surface area contributed by atoms with Crippen molar-refractivity contribution in [2.24, 2.45) is 5.73 Å². The minimum absolute atomic E-state index is 0.270. The average Bonchev–Trinajstić information content (AvgIpc) is 3.26. The molecule has 0 radical (unpaired) electrons. The van der Waals surface area contributed by atoms with Crippen LogP contribution in [-0.4, -0.2) is 23.5 Å². The van der Waals surface area contributed by atoms with E-state index in [-0.39, 0.29) is 11.4 Å². The van der Waals surface area contributed by atoms with E-state index in [9.17, 15) is 0 Å². The fraction of sp³-hybridized carbons (Fsp3) is 0.346. The Morgan fingerprint density at radius 3 is 2.10 bits per heavy atom. The molecular weight excluding hydrogens is 400 g/mol. The topological polar surface area (TPSA) is 86.6 Å². The zero-order chi connectivity index (χ0) is 23.1. The van der Waals surface area contributed by atoms with Crippen LogP contribution in [-0.2, 0) is 12.8 Å². The summed E-state index contributed by atoms with van der Waals surface area (Å²) in [4.78, 5) is 4.51. The highest BCUT2D eigenvalue weighted by Gasteiger charge is 2.10. The van der Waals surface area contributed by atoms with Crippen LogP contribution in [0.15, 0.2) is 60.0 Å². The lowest BCUT2D eigenvalue weighted by Gasteiger charge is -2.09. The van der Waals surface area contributed by atoms with Crippen molar-refractivity contribution in [2.45, 2.75) is 52.9 Å². The van der Waals surface area contributed by atoms with Crippen molar-refractivity contribution in [3.8, 4) is 0 Å². The first-order valence-corrected chi connectivity index (χ1v) is 11.8. The molecule has 2 aromatic carbocycles. The monoisotopic (exact) mass is 436 g/mol. The van der Waals surface area contributed by atoms with Gasteiger partial charge in [-0.25, -0.2) is 4.98 Å². The van der Waals surface area contributed by atoms with E-state index in [0.29, 0.717) is 0 Å². The summed E-state index contributed by atoms with van der Waals surface area (Å²) < 4.78 is 0. The van der Waals surface area contributed by atoms with Gasteiger partial charge >= 0.3 is 0 Å². The van der Waals surface area contributed by atoms with Crippen LogP contribution < -0.4 is 5.73 Å². The van der Waals surface area contributed by atoms with Gasteiger partial charge in [-0.15, -0.1) is 11.3 Å². The van der Waals surface area contributed by atoms with Crippen LogP contribution >= 0.6 is 11.3 Å². The van der Waals surface area contributed by atoms with Crippen molar-refractivity contribution in [3.05, 3.63) is 87.4 Å². The number of unbranched alkanes of at least 4 members (excludes halogenated alkanes) is 2. The second-order valence-electron chi connectivity index (χ2n) is 6.73. The van der Waals surface area contributed by atoms with Crippen LogP contribution in [0, 0.1) is 17.7 Å². The van der Waals surface area contributed by atoms with E-state index in [4.69, 9.17) is 10.8 Å². The predicted molar refractivity (Wildman–Crippen MR) is 136 cm³/mol. The molecule has 0 unspecified atom stereocenters. The third-order valence-corrected chi connectivity index (χ3v) is 5.42. The van der Waals surface area contributed by atoms with Crippen LogP contribution in [0.25, 0.3) is 0 Å². The second kappa shape index (κ2) is 15.2. The van der Waals surface area contributed by atoms with Gasteiger partial charge in [0.2, 0.25) is 0 Å². The Morgan fingerprint density at radius 1 is 0.839 bits per heavy atom. The van der Waals surface area contributed by atoms with Crippen LogP contribution in [0.2, 0.25) is 0 Å². The van der Waals surface area contributed by atoms with Crippen molar-refractivity contribution in [1.29, 1.82) is 10.8 Å². The van der Waals surface area contributed by atoms with Crippen molar-refractivity contribution in [1.82, 2.24) is 4.98 Å². The number of aromatic nitrogens is 1. The fourth-order valence-electron chi connectivity index (χ4n) is 3.11. The summed E-state index contributed by atoms with van der Waals surface area (Å²) in [6.45, 7) is 6.05. The van der Waals surface area contributed by atoms with Crippen molar-refractivity contribution >= 4 is 22.8 Å². The number of nitrogens with two attached hydrogens (primary N) is 1. The molecule has 0 aliphatic rings. The molecule has 4 nitrogen and oxygen atoms in total. The first-order chi connectivity index (χ1) is 15.1. The molecule has 31 heavy (non-hydrogen) atoms. The molecule has 0 fully saturated rings. The Balaban J connectivity index is 0.00000113. The third-order valence-electron chi connectivity index (χ3n) is 4.59. The maximum Gasteiger partial charge on any atom is 0.0897 e. The maximum atomic E-state index is 8.38. The summed E-state index contributed by atoms with van der Waals surface area (Å²) in [5, 5.41) is 20.0. The number of benzene rings is 2. The maximum absolute atomic E-state index is 8.38. The molecule has 166 valence electrons. The van der Waals surface area contributed by atoms with Gasteiger partial charge in [0.25, 0.3) is 0 Å². The van der Waals surface area contributed by atoms with E-state index in [1.165, 1.54) is 24.7 Å². The van der Waals surface area contributed by atoms with Crippen LogP contribution in [0.4, 0.5) is 0 Å². The summed E-state index contributed by atoms with van der Waals surface area (Å²) in [5.41, 5.74) is 9.10. The highest BCUT2D eigenvalue weighted by molar-refractivity contribution is 7.09. The summed E-state index contributed by atoms with van der Waals surface area (Å²) >= 11 is 1.72. The van der Waals surface area contributed by atoms with Crippen molar-refractivity contribution < 1.29 is 0 Å². The summed E-state index contributed by atoms with van der Waals surface area (Å²) in [6, 6.07) is 17.6. The first kappa shape index (κ1) is 26.4. The zero-order valence-electron chi connectivity index (χ0n) is 19.2. The number of rotatable bonds is 9. The molecule has 0 spiro atoms. The Bertz CT molecular complexity index is 916. The second-order valence-corrected chi connectivity index (χ2v) is 7.80. The molecule has 0 saturated carbocycles. The number of nitrogens with zero attached hydrogens (tertiary/aromatic N) is 1. The minimum Gasteiger partial charge on any atom is -0.333 e. The number of hydrogen-bond acceptors (Lipinski definition) is 5. The number of hydrogen-bond donors (Lipinski definition) is 3. The molecule has 1 aromatic heterocycles. The summed E-state index contributed by atoms with van der Waals surface area (Å²) in [7, 11) is 1.50. The van der Waals surface area contributed by atoms with Gasteiger partial charge in [0.1, 0.15) is 0 Å². The van der Waals surface area contributed by atoms with Gasteiger partial charge in [-0.1, -0.05) is 68.8 Å². The van der Waals surface area contributed by atoms with Crippen LogP contribution in [0.1, 0.15) is 60.5 Å². The molecular formula is C26H36N4S. The quantitative estimate of drug-likeness (QED) is 0.266. The van der Waals surface area contributed by atoms with Gasteiger partial charge in [-0.2, -0.15) is 0 Å². The minimum atomic E-state index is 0.270. The molecule has 4 N–H and O–H groups in total. The summed E-state index contributed by atoms with van der Waals surface area (Å²) in [6.07, 6.45) is 5.55. The van der Waals surface area contributed by atoms with Gasteiger partial charge in [-0.05, 0) is 51.3 Å². The third kappa shape index (κ3) is 8.95. The van der Waals surface area contributed by atoms with Gasteiger partial charge < -0.3 is 5.73 Å². The van der Waals surface area contributed by atoms with Gasteiger partial charge in [0, 0.05) is 16.5 Å². The molecule has 0 atom stereocenters. The highest BCUT2D eigenvalue weighted by Crippen LogP contribution is 2.15. The molecule has 3 aromatic rings. The van der Waals surface area contributed by atoms with Crippen LogP contribution in [0.5, 0.6) is 0 Å². The number of thiazole rings is 1. The van der Waals surface area contributed by atoms with E-state index in [1.54, 1.807) is 11.3 Å². The van der Waals surface area contributed by atoms with Crippen molar-refractivity contribution in [2.75, 3.05) is 7.05 Å². The molecule has 0 aliphatic heterocycles. The Labute approximate surface area is 191 Å². The lowest BCUT2D eigenvalue weighted by atomic mass is 9.97. The molecule has 0 aliphatic carbocycles. The molecule has 3 rings (SSSR count). The standard InChI is InChI=1S/C23H25N3S.C2H6.CH5N/c1-17-26-21(16-27-17)14-7-2-4-9-18-10-8-13-20(15-18)23(25)22(24)19-11-5-3-6-12-19;2*1-2/h3,5-6,8,10-13,15-16,24-25H,2,4,7,9,14H2,1H3;1-2H3;2H2,1H3. The molecule has 1 heterocycles. The van der Waals surface area contributed by atoms with E-state index < -0.39 is 0 Å². The number of nitrogens with one attached hydrogen (secondary N) is 2. The molecule has 0 saturated heterocycles. The highest BCUT2D eigenvalue weighted by atomic mass is 32.1. The summed E-state index contributed by atoms with van der Waals surface area (Å²) in [5.74, 6) is 0. The number of aryl methyl sites for hydroxylation is 3. The normalized spacial score (nSPS) is 9.71. The molecule has 5 heteroatoms. The smallest absolute Gasteiger partial charge is 0.0897 e. The van der Waals surface area contributed by atoms with E-state index in [1.807, 2.05) is 56.3 Å². The van der Waals surface area contributed by atoms with Gasteiger partial charge in [0.15, 0.2) is 0 Å². The first-order valence-electron chi connectivity index (χ1n) is 10.9. The van der Waals surface area contributed by atoms with E-state index >= 15 is 0 Å². The zero-order valence-corrected chi connectivity index (χ0v) is 20.1. The lowest BCUT2D eigenvalue weighted by Crippen LogP contribution is -2.14. The molecule has 0 amide bonds. The van der Waals surface area contributed by atoms with Gasteiger partial charge in [-0.3, -0.25) is 10.8 Å². The average molecular weight is 437 g/mol. The lowest BCUT2D eigenvalue weighted by molar-refractivity contribution is 0.672. The SMILES string of the molecule is CC.CN.Cc1nc(CCCCCc2cccc(C(=N)C(=N)c3ccccc3)c2)cs1. The van der Waals surface area contributed by atoms with Gasteiger partial charge in [0.05, 0.1) is 22.1 Å². The fourth-order valence-corrected chi connectivity index (χ4v) is 3.76. The molecule has 0 bridgehead atoms. The predicted octanol–water partition coefficient (Wildman–Crippen LogP) is 6.44. The van der Waals surface area contributed by atoms with E-state index in [2.05, 4.69) is 35.2 Å². The Kier molecular flexibility index (Phi) is 13.0. The van der Waals surface area contributed by atoms with Crippen LogP contribution in [0.3, 0.4) is 0 Å². The van der Waals surface area contributed by atoms with E-state index in [0.717, 1.165) is 41.8 Å².